The van der Waals surface area contributed by atoms with E-state index in [4.69, 9.17) is 9.84 Å². The molecule has 3 nitrogen and oxygen atoms in total. The molecular weight excluding hydrogens is 204 g/mol. The van der Waals surface area contributed by atoms with E-state index in [0.29, 0.717) is 6.61 Å². The maximum atomic E-state index is 11.7. The van der Waals surface area contributed by atoms with Gasteiger partial charge in [0.1, 0.15) is 0 Å². The number of esters is 1. The zero-order valence-electron chi connectivity index (χ0n) is 10.3. The number of rotatable bonds is 6. The topological polar surface area (TPSA) is 46.5 Å². The second kappa shape index (κ2) is 7.66. The van der Waals surface area contributed by atoms with Gasteiger partial charge < -0.3 is 9.84 Å². The molecule has 0 aromatic heterocycles. The van der Waals surface area contributed by atoms with Crippen molar-refractivity contribution in [2.24, 2.45) is 11.8 Å². The Bertz CT molecular complexity index is 195. The summed E-state index contributed by atoms with van der Waals surface area (Å²) in [6.07, 6.45) is 7.06. The fourth-order valence-corrected chi connectivity index (χ4v) is 2.31. The third kappa shape index (κ3) is 4.52. The van der Waals surface area contributed by atoms with E-state index in [1.54, 1.807) is 0 Å². The van der Waals surface area contributed by atoms with Crippen LogP contribution in [-0.2, 0) is 9.53 Å². The van der Waals surface area contributed by atoms with Gasteiger partial charge in [0.2, 0.25) is 0 Å². The zero-order chi connectivity index (χ0) is 11.8. The van der Waals surface area contributed by atoms with Crippen molar-refractivity contribution in [3.05, 3.63) is 0 Å². The van der Waals surface area contributed by atoms with E-state index < -0.39 is 0 Å². The minimum Gasteiger partial charge on any atom is -0.465 e. The molecule has 0 radical (unpaired) electrons. The smallest absolute Gasteiger partial charge is 0.308 e. The van der Waals surface area contributed by atoms with Gasteiger partial charge in [-0.25, -0.2) is 0 Å². The van der Waals surface area contributed by atoms with E-state index in [9.17, 15) is 4.79 Å². The summed E-state index contributed by atoms with van der Waals surface area (Å²) in [7, 11) is 0. The van der Waals surface area contributed by atoms with E-state index >= 15 is 0 Å². The van der Waals surface area contributed by atoms with Crippen LogP contribution in [0.5, 0.6) is 0 Å². The van der Waals surface area contributed by atoms with Gasteiger partial charge in [-0.3, -0.25) is 4.79 Å². The van der Waals surface area contributed by atoms with Crippen LogP contribution in [0.15, 0.2) is 0 Å². The number of aliphatic hydroxyl groups is 1. The third-order valence-corrected chi connectivity index (χ3v) is 3.55. The van der Waals surface area contributed by atoms with E-state index in [2.05, 4.69) is 6.92 Å². The Labute approximate surface area is 98.2 Å². The van der Waals surface area contributed by atoms with E-state index in [-0.39, 0.29) is 18.5 Å². The summed E-state index contributed by atoms with van der Waals surface area (Å²) >= 11 is 0. The number of hydrogen-bond donors (Lipinski definition) is 1. The second-order valence-electron chi connectivity index (χ2n) is 4.72. The number of ether oxygens (including phenoxy) is 1. The number of aliphatic hydroxyl groups excluding tert-OH is 1. The fourth-order valence-electron chi connectivity index (χ4n) is 2.31. The Morgan fingerprint density at radius 1 is 1.25 bits per heavy atom. The van der Waals surface area contributed by atoms with Crippen LogP contribution >= 0.6 is 0 Å². The lowest BCUT2D eigenvalue weighted by atomic mass is 9.81. The molecule has 0 heterocycles. The van der Waals surface area contributed by atoms with E-state index in [1.807, 2.05) is 0 Å². The van der Waals surface area contributed by atoms with Gasteiger partial charge in [-0.2, -0.15) is 0 Å². The van der Waals surface area contributed by atoms with E-state index in [1.165, 1.54) is 19.3 Å². The molecule has 0 aromatic carbocycles. The summed E-state index contributed by atoms with van der Waals surface area (Å²) in [4.78, 5) is 11.7. The highest BCUT2D eigenvalue weighted by molar-refractivity contribution is 5.72. The molecule has 1 aliphatic rings. The molecule has 0 bridgehead atoms. The summed E-state index contributed by atoms with van der Waals surface area (Å²) in [5.41, 5.74) is 0. The minimum atomic E-state index is -0.0208. The lowest BCUT2D eigenvalue weighted by Gasteiger charge is -2.26. The average molecular weight is 228 g/mol. The molecule has 1 saturated carbocycles. The highest BCUT2D eigenvalue weighted by Gasteiger charge is 2.26. The van der Waals surface area contributed by atoms with E-state index in [0.717, 1.165) is 31.6 Å². The van der Waals surface area contributed by atoms with Crippen LogP contribution in [0.25, 0.3) is 0 Å². The minimum absolute atomic E-state index is 0.0208. The summed E-state index contributed by atoms with van der Waals surface area (Å²) in [5.74, 6) is 0.933. The molecule has 0 amide bonds. The number of hydrogen-bond acceptors (Lipinski definition) is 3. The molecule has 3 heteroatoms. The highest BCUT2D eigenvalue weighted by Crippen LogP contribution is 2.31. The third-order valence-electron chi connectivity index (χ3n) is 3.55. The fraction of sp³-hybridized carbons (Fsp3) is 0.923. The molecule has 0 aliphatic heterocycles. The summed E-state index contributed by atoms with van der Waals surface area (Å²) < 4.78 is 5.20. The first-order valence-electron chi connectivity index (χ1n) is 6.55. The van der Waals surface area contributed by atoms with Crippen molar-refractivity contribution in [1.29, 1.82) is 0 Å². The van der Waals surface area contributed by atoms with Crippen molar-refractivity contribution >= 4 is 5.97 Å². The molecule has 0 spiro atoms. The molecule has 1 N–H and O–H groups in total. The molecule has 16 heavy (non-hydrogen) atoms. The summed E-state index contributed by atoms with van der Waals surface area (Å²) in [6, 6.07) is 0. The Morgan fingerprint density at radius 3 is 2.50 bits per heavy atom. The SMILES string of the molecule is CCC1CCC(C(=O)OCCCCO)CC1. The van der Waals surface area contributed by atoms with Crippen LogP contribution in [0, 0.1) is 11.8 Å². The van der Waals surface area contributed by atoms with Crippen LogP contribution in [-0.4, -0.2) is 24.3 Å². The molecule has 1 rings (SSSR count). The Hall–Kier alpha value is -0.570. The lowest BCUT2D eigenvalue weighted by Crippen LogP contribution is -2.23. The molecule has 0 saturated heterocycles. The summed E-state index contributed by atoms with van der Waals surface area (Å²) in [5, 5.41) is 8.60. The molecule has 0 atom stereocenters. The van der Waals surface area contributed by atoms with Gasteiger partial charge in [-0.05, 0) is 44.4 Å². The van der Waals surface area contributed by atoms with Crippen molar-refractivity contribution in [3.8, 4) is 0 Å². The summed E-state index contributed by atoms with van der Waals surface area (Å²) in [6.45, 7) is 2.87. The molecule has 94 valence electrons. The molecule has 0 unspecified atom stereocenters. The molecular formula is C13H24O3. The van der Waals surface area contributed by atoms with Crippen LogP contribution in [0.1, 0.15) is 51.9 Å². The number of carbonyl (C=O) groups excluding carboxylic acids is 1. The zero-order valence-corrected chi connectivity index (χ0v) is 10.3. The molecule has 1 aliphatic carbocycles. The molecule has 0 aromatic rings. The van der Waals surface area contributed by atoms with Crippen LogP contribution < -0.4 is 0 Å². The van der Waals surface area contributed by atoms with Crippen LogP contribution in [0.2, 0.25) is 0 Å². The largest absolute Gasteiger partial charge is 0.465 e. The lowest BCUT2D eigenvalue weighted by molar-refractivity contribution is -0.150. The first-order valence-corrected chi connectivity index (χ1v) is 6.55. The second-order valence-corrected chi connectivity index (χ2v) is 4.72. The maximum Gasteiger partial charge on any atom is 0.308 e. The monoisotopic (exact) mass is 228 g/mol. The van der Waals surface area contributed by atoms with Gasteiger partial charge >= 0.3 is 5.97 Å². The van der Waals surface area contributed by atoms with Crippen molar-refractivity contribution in [1.82, 2.24) is 0 Å². The first kappa shape index (κ1) is 13.5. The van der Waals surface area contributed by atoms with Gasteiger partial charge in [0.15, 0.2) is 0 Å². The predicted octanol–water partition coefficient (Wildman–Crippen LogP) is 2.52. The van der Waals surface area contributed by atoms with Gasteiger partial charge in [-0.15, -0.1) is 0 Å². The Kier molecular flexibility index (Phi) is 6.46. The highest BCUT2D eigenvalue weighted by atomic mass is 16.5. The first-order chi connectivity index (χ1) is 7.77. The van der Waals surface area contributed by atoms with Crippen LogP contribution in [0.3, 0.4) is 0 Å². The Balaban J connectivity index is 2.13. The van der Waals surface area contributed by atoms with Crippen molar-refractivity contribution in [2.45, 2.75) is 51.9 Å². The standard InChI is InChI=1S/C13H24O3/c1-2-11-5-7-12(8-6-11)13(15)16-10-4-3-9-14/h11-12,14H,2-10H2,1H3. The van der Waals surface area contributed by atoms with Crippen molar-refractivity contribution in [2.75, 3.05) is 13.2 Å². The van der Waals surface area contributed by atoms with Gasteiger partial charge in [0, 0.05) is 6.61 Å². The van der Waals surface area contributed by atoms with Gasteiger partial charge in [0.05, 0.1) is 12.5 Å². The van der Waals surface area contributed by atoms with Crippen molar-refractivity contribution in [3.63, 3.8) is 0 Å². The Morgan fingerprint density at radius 2 is 1.94 bits per heavy atom. The number of unbranched alkanes of at least 4 members (excludes halogenated alkanes) is 1. The predicted molar refractivity (Wildman–Crippen MR) is 63.0 cm³/mol. The van der Waals surface area contributed by atoms with Gasteiger partial charge in [-0.1, -0.05) is 13.3 Å². The normalized spacial score (nSPS) is 25.4. The van der Waals surface area contributed by atoms with Crippen LogP contribution in [0.4, 0.5) is 0 Å². The number of carbonyl (C=O) groups is 1. The van der Waals surface area contributed by atoms with Crippen molar-refractivity contribution < 1.29 is 14.6 Å². The van der Waals surface area contributed by atoms with Gasteiger partial charge in [0.25, 0.3) is 0 Å². The molecule has 1 fully saturated rings. The quantitative estimate of drug-likeness (QED) is 0.561. The average Bonchev–Trinajstić information content (AvgIpc) is 2.34. The maximum absolute atomic E-state index is 11.7.